The minimum absolute atomic E-state index is 0.00868. The van der Waals surface area contributed by atoms with Crippen molar-refractivity contribution in [3.05, 3.63) is 71.3 Å². The van der Waals surface area contributed by atoms with E-state index in [0.29, 0.717) is 31.4 Å². The van der Waals surface area contributed by atoms with Gasteiger partial charge in [-0.05, 0) is 55.4 Å². The van der Waals surface area contributed by atoms with Gasteiger partial charge < -0.3 is 10.6 Å². The molecule has 2 saturated heterocycles. The molecule has 5 atom stereocenters. The van der Waals surface area contributed by atoms with Crippen LogP contribution >= 0.6 is 0 Å². The van der Waals surface area contributed by atoms with Crippen molar-refractivity contribution in [2.24, 2.45) is 11.8 Å². The number of hydrogen-bond donors (Lipinski definition) is 4. The summed E-state index contributed by atoms with van der Waals surface area (Å²) in [5.41, 5.74) is 7.03. The van der Waals surface area contributed by atoms with Crippen molar-refractivity contribution in [1.29, 1.82) is 0 Å². The number of carbonyl (C=O) groups is 2. The molecule has 2 amide bonds. The number of nitrogens with one attached hydrogen (secondary N) is 4. The molecule has 0 bridgehead atoms. The number of nitrogens with zero attached hydrogens (tertiary/aromatic N) is 1. The lowest BCUT2D eigenvalue weighted by Crippen LogP contribution is -2.65. The van der Waals surface area contributed by atoms with Crippen LogP contribution < -0.4 is 21.6 Å². The molecule has 5 unspecified atom stereocenters. The van der Waals surface area contributed by atoms with Crippen LogP contribution in [0.4, 0.5) is 13.2 Å². The highest BCUT2D eigenvalue weighted by Crippen LogP contribution is 2.39. The van der Waals surface area contributed by atoms with E-state index >= 15 is 0 Å². The van der Waals surface area contributed by atoms with Gasteiger partial charge in [0.05, 0.1) is 17.5 Å². The smallest absolute Gasteiger partial charge is 0.356 e. The first-order valence-corrected chi connectivity index (χ1v) is 12.4. The van der Waals surface area contributed by atoms with Crippen molar-refractivity contribution in [3.63, 3.8) is 0 Å². The van der Waals surface area contributed by atoms with Crippen LogP contribution in [0.25, 0.3) is 0 Å². The van der Waals surface area contributed by atoms with Gasteiger partial charge >= 0.3 is 6.18 Å². The summed E-state index contributed by atoms with van der Waals surface area (Å²) in [4.78, 5) is 25.8. The van der Waals surface area contributed by atoms with Crippen LogP contribution in [0.15, 0.2) is 54.6 Å². The van der Waals surface area contributed by atoms with Crippen molar-refractivity contribution < 1.29 is 22.8 Å². The largest absolute Gasteiger partial charge is 0.416 e. The molecule has 2 aromatic carbocycles. The van der Waals surface area contributed by atoms with Crippen LogP contribution in [0.5, 0.6) is 0 Å². The van der Waals surface area contributed by atoms with Gasteiger partial charge in [0.15, 0.2) is 0 Å². The standard InChI is InChI=1S/C26H30F3N5O2/c27-26(28,29)19-10-4-9-17(14-19)22-23-31-25(36)20-12-11-18(15-21(20)34(23)33-32-22)24(35)30-13-5-8-16-6-2-1-3-7-16/h1-4,6-7,9-10,14,18,20-23,32-33H,5,8,11-13,15H2,(H,30,35)(H,31,36). The van der Waals surface area contributed by atoms with E-state index in [2.05, 4.69) is 33.7 Å². The van der Waals surface area contributed by atoms with E-state index in [1.165, 1.54) is 11.6 Å². The molecule has 36 heavy (non-hydrogen) atoms. The summed E-state index contributed by atoms with van der Waals surface area (Å²) in [6.07, 6.45) is -1.57. The Labute approximate surface area is 207 Å². The van der Waals surface area contributed by atoms with Crippen molar-refractivity contribution in [2.45, 2.75) is 56.5 Å². The van der Waals surface area contributed by atoms with Crippen molar-refractivity contribution in [2.75, 3.05) is 6.54 Å². The fraction of sp³-hybridized carbons (Fsp3) is 0.462. The van der Waals surface area contributed by atoms with E-state index in [9.17, 15) is 22.8 Å². The van der Waals surface area contributed by atoms with Crippen LogP contribution in [-0.2, 0) is 22.2 Å². The number of hydrazine groups is 2. The Morgan fingerprint density at radius 1 is 1.08 bits per heavy atom. The number of halogens is 3. The van der Waals surface area contributed by atoms with Gasteiger partial charge in [0, 0.05) is 18.5 Å². The molecule has 2 aromatic rings. The minimum atomic E-state index is -4.45. The Morgan fingerprint density at radius 3 is 2.67 bits per heavy atom. The summed E-state index contributed by atoms with van der Waals surface area (Å²) in [5.74, 6) is -0.627. The maximum Gasteiger partial charge on any atom is 0.416 e. The highest BCUT2D eigenvalue weighted by Gasteiger charge is 2.51. The maximum atomic E-state index is 13.2. The van der Waals surface area contributed by atoms with Gasteiger partial charge in [-0.15, -0.1) is 0 Å². The minimum Gasteiger partial charge on any atom is -0.356 e. The molecule has 10 heteroatoms. The highest BCUT2D eigenvalue weighted by molar-refractivity contribution is 5.83. The van der Waals surface area contributed by atoms with Gasteiger partial charge in [0.25, 0.3) is 0 Å². The molecule has 0 radical (unpaired) electrons. The lowest BCUT2D eigenvalue weighted by Gasteiger charge is -2.46. The van der Waals surface area contributed by atoms with E-state index in [0.717, 1.165) is 25.0 Å². The first-order chi connectivity index (χ1) is 17.3. The average Bonchev–Trinajstić information content (AvgIpc) is 3.30. The second-order valence-corrected chi connectivity index (χ2v) is 9.78. The molecule has 0 aromatic heterocycles. The van der Waals surface area contributed by atoms with Gasteiger partial charge in [0.2, 0.25) is 11.8 Å². The number of benzene rings is 2. The van der Waals surface area contributed by atoms with Crippen LogP contribution in [0.3, 0.4) is 0 Å². The SMILES string of the molecule is O=C(NCCCc1ccccc1)C1CCC2C(=O)NC3C(c4cccc(C(F)(F)F)c4)NNN3C2C1. The number of carbonyl (C=O) groups excluding carboxylic acids is 2. The Bertz CT molecular complexity index is 1100. The second kappa shape index (κ2) is 10.2. The fourth-order valence-electron chi connectivity index (χ4n) is 5.61. The van der Waals surface area contributed by atoms with Crippen LogP contribution in [0, 0.1) is 11.8 Å². The lowest BCUT2D eigenvalue weighted by atomic mass is 9.75. The first kappa shape index (κ1) is 24.7. The second-order valence-electron chi connectivity index (χ2n) is 9.78. The highest BCUT2D eigenvalue weighted by atomic mass is 19.4. The number of fused-ring (bicyclic) bond motifs is 3. The van der Waals surface area contributed by atoms with E-state index in [1.807, 2.05) is 23.2 Å². The molecule has 2 aliphatic heterocycles. The zero-order valence-corrected chi connectivity index (χ0v) is 19.7. The quantitative estimate of drug-likeness (QED) is 0.458. The zero-order chi connectivity index (χ0) is 25.3. The Morgan fingerprint density at radius 2 is 1.89 bits per heavy atom. The summed E-state index contributed by atoms with van der Waals surface area (Å²) in [7, 11) is 0. The van der Waals surface area contributed by atoms with E-state index in [4.69, 9.17) is 0 Å². The Kier molecular flexibility index (Phi) is 7.00. The molecule has 0 spiro atoms. The molecule has 1 aliphatic carbocycles. The van der Waals surface area contributed by atoms with Crippen LogP contribution in [0.2, 0.25) is 0 Å². The molecule has 2 heterocycles. The van der Waals surface area contributed by atoms with Gasteiger partial charge in [-0.3, -0.25) is 9.59 Å². The molecule has 3 aliphatic rings. The average molecular weight is 502 g/mol. The summed E-state index contributed by atoms with van der Waals surface area (Å²) >= 11 is 0. The van der Waals surface area contributed by atoms with Crippen molar-refractivity contribution >= 4 is 11.8 Å². The molecule has 4 N–H and O–H groups in total. The Hall–Kier alpha value is -2.95. The summed E-state index contributed by atoms with van der Waals surface area (Å²) in [6.45, 7) is 0.586. The number of aryl methyl sites for hydroxylation is 1. The number of rotatable bonds is 6. The summed E-state index contributed by atoms with van der Waals surface area (Å²) in [6, 6.07) is 14.4. The van der Waals surface area contributed by atoms with Gasteiger partial charge in [-0.1, -0.05) is 42.5 Å². The number of amides is 2. The number of hydrogen-bond acceptors (Lipinski definition) is 5. The molecule has 3 fully saturated rings. The molecule has 5 rings (SSSR count). The van der Waals surface area contributed by atoms with Crippen LogP contribution in [-0.4, -0.2) is 35.6 Å². The van der Waals surface area contributed by atoms with Gasteiger partial charge in [-0.25, -0.2) is 10.4 Å². The number of alkyl halides is 3. The summed E-state index contributed by atoms with van der Waals surface area (Å²) < 4.78 is 39.7. The normalized spacial score (nSPS) is 28.2. The van der Waals surface area contributed by atoms with E-state index in [1.54, 1.807) is 6.07 Å². The molecule has 192 valence electrons. The third kappa shape index (κ3) is 5.11. The lowest BCUT2D eigenvalue weighted by molar-refractivity contribution is -0.143. The summed E-state index contributed by atoms with van der Waals surface area (Å²) in [5, 5.41) is 7.88. The predicted molar refractivity (Wildman–Crippen MR) is 127 cm³/mol. The zero-order valence-electron chi connectivity index (χ0n) is 19.7. The topological polar surface area (TPSA) is 85.5 Å². The van der Waals surface area contributed by atoms with Crippen LogP contribution in [0.1, 0.15) is 48.4 Å². The van der Waals surface area contributed by atoms with Gasteiger partial charge in [-0.2, -0.15) is 18.7 Å². The van der Waals surface area contributed by atoms with E-state index in [-0.39, 0.29) is 29.7 Å². The molecule has 1 saturated carbocycles. The monoisotopic (exact) mass is 501 g/mol. The van der Waals surface area contributed by atoms with Crippen molar-refractivity contribution in [1.82, 2.24) is 26.6 Å². The first-order valence-electron chi connectivity index (χ1n) is 12.4. The predicted octanol–water partition coefficient (Wildman–Crippen LogP) is 3.06. The fourth-order valence-corrected chi connectivity index (χ4v) is 5.61. The molecule has 7 nitrogen and oxygen atoms in total. The third-order valence-corrected chi connectivity index (χ3v) is 7.49. The Balaban J connectivity index is 1.21. The molecular weight excluding hydrogens is 471 g/mol. The maximum absolute atomic E-state index is 13.2. The third-order valence-electron chi connectivity index (χ3n) is 7.49. The van der Waals surface area contributed by atoms with Gasteiger partial charge in [0.1, 0.15) is 6.17 Å². The van der Waals surface area contributed by atoms with Crippen molar-refractivity contribution in [3.8, 4) is 0 Å². The van der Waals surface area contributed by atoms with E-state index < -0.39 is 23.9 Å². The molecular formula is C26H30F3N5O2.